The molecular weight excluding hydrogens is 335 g/mol. The lowest BCUT2D eigenvalue weighted by atomic mass is 10.1. The van der Waals surface area contributed by atoms with Gasteiger partial charge in [0.25, 0.3) is 0 Å². The smallest absolute Gasteiger partial charge is 0.317 e. The van der Waals surface area contributed by atoms with E-state index in [0.29, 0.717) is 26.2 Å². The fourth-order valence-electron chi connectivity index (χ4n) is 3.17. The SMILES string of the molecule is COc1cccc(CNC(=O)N2CCN(c3ccnc(F)c3)[C@@H](C)C2)c1. The molecule has 138 valence electrons. The van der Waals surface area contributed by atoms with Crippen LogP contribution in [-0.4, -0.2) is 48.7 Å². The van der Waals surface area contributed by atoms with Gasteiger partial charge in [-0.25, -0.2) is 9.78 Å². The van der Waals surface area contributed by atoms with Gasteiger partial charge in [0.15, 0.2) is 0 Å². The van der Waals surface area contributed by atoms with Crippen molar-refractivity contribution in [3.63, 3.8) is 0 Å². The Morgan fingerprint density at radius 2 is 2.19 bits per heavy atom. The number of urea groups is 1. The Morgan fingerprint density at radius 3 is 2.92 bits per heavy atom. The number of carbonyl (C=O) groups is 1. The number of hydrogen-bond donors (Lipinski definition) is 1. The van der Waals surface area contributed by atoms with Crippen molar-refractivity contribution in [3.05, 3.63) is 54.1 Å². The highest BCUT2D eigenvalue weighted by atomic mass is 19.1. The monoisotopic (exact) mass is 358 g/mol. The zero-order valence-corrected chi connectivity index (χ0v) is 15.0. The molecule has 0 aliphatic carbocycles. The van der Waals surface area contributed by atoms with Crippen molar-refractivity contribution in [3.8, 4) is 5.75 Å². The number of amides is 2. The second-order valence-electron chi connectivity index (χ2n) is 6.34. The first-order valence-electron chi connectivity index (χ1n) is 8.60. The molecule has 1 fully saturated rings. The molecule has 0 radical (unpaired) electrons. The van der Waals surface area contributed by atoms with Crippen molar-refractivity contribution in [2.24, 2.45) is 0 Å². The van der Waals surface area contributed by atoms with Gasteiger partial charge in [-0.15, -0.1) is 0 Å². The fourth-order valence-corrected chi connectivity index (χ4v) is 3.17. The molecule has 7 heteroatoms. The fraction of sp³-hybridized carbons (Fsp3) is 0.368. The molecule has 1 aromatic heterocycles. The number of ether oxygens (including phenoxy) is 1. The van der Waals surface area contributed by atoms with Gasteiger partial charge < -0.3 is 19.9 Å². The van der Waals surface area contributed by atoms with Gasteiger partial charge in [0.05, 0.1) is 7.11 Å². The van der Waals surface area contributed by atoms with Crippen LogP contribution >= 0.6 is 0 Å². The third-order valence-corrected chi connectivity index (χ3v) is 4.53. The zero-order valence-electron chi connectivity index (χ0n) is 15.0. The van der Waals surface area contributed by atoms with Crippen molar-refractivity contribution >= 4 is 11.7 Å². The van der Waals surface area contributed by atoms with E-state index in [2.05, 4.69) is 15.2 Å². The molecule has 1 aliphatic heterocycles. The van der Waals surface area contributed by atoms with E-state index >= 15 is 0 Å². The first-order chi connectivity index (χ1) is 12.6. The summed E-state index contributed by atoms with van der Waals surface area (Å²) >= 11 is 0. The van der Waals surface area contributed by atoms with Crippen LogP contribution in [0.2, 0.25) is 0 Å². The van der Waals surface area contributed by atoms with Crippen molar-refractivity contribution < 1.29 is 13.9 Å². The van der Waals surface area contributed by atoms with E-state index in [1.807, 2.05) is 31.2 Å². The molecule has 0 unspecified atom stereocenters. The van der Waals surface area contributed by atoms with E-state index < -0.39 is 5.95 Å². The first-order valence-corrected chi connectivity index (χ1v) is 8.60. The average Bonchev–Trinajstić information content (AvgIpc) is 2.66. The molecule has 2 amide bonds. The standard InChI is InChI=1S/C19H23FN4O2/c1-14-13-23(8-9-24(14)16-6-7-21-18(20)11-16)19(25)22-12-15-4-3-5-17(10-15)26-2/h3-7,10-11,14H,8-9,12-13H2,1-2H3,(H,22,25)/t14-/m0/s1. The Bertz CT molecular complexity index is 771. The highest BCUT2D eigenvalue weighted by Gasteiger charge is 2.27. The van der Waals surface area contributed by atoms with Crippen molar-refractivity contribution in [2.75, 3.05) is 31.6 Å². The number of hydrogen-bond acceptors (Lipinski definition) is 4. The summed E-state index contributed by atoms with van der Waals surface area (Å²) in [5.41, 5.74) is 1.78. The van der Waals surface area contributed by atoms with Gasteiger partial charge in [-0.1, -0.05) is 12.1 Å². The van der Waals surface area contributed by atoms with Gasteiger partial charge in [-0.05, 0) is 30.7 Å². The highest BCUT2D eigenvalue weighted by molar-refractivity contribution is 5.74. The average molecular weight is 358 g/mol. The second kappa shape index (κ2) is 8.03. The van der Waals surface area contributed by atoms with Crippen LogP contribution in [0.25, 0.3) is 0 Å². The molecule has 1 aliphatic rings. The number of anilines is 1. The van der Waals surface area contributed by atoms with Gasteiger partial charge in [-0.3, -0.25) is 0 Å². The minimum Gasteiger partial charge on any atom is -0.497 e. The van der Waals surface area contributed by atoms with Crippen molar-refractivity contribution in [1.82, 2.24) is 15.2 Å². The van der Waals surface area contributed by atoms with E-state index in [1.165, 1.54) is 12.3 Å². The Labute approximate surface area is 152 Å². The van der Waals surface area contributed by atoms with Crippen LogP contribution in [0.15, 0.2) is 42.6 Å². The molecule has 1 aromatic carbocycles. The molecule has 6 nitrogen and oxygen atoms in total. The van der Waals surface area contributed by atoms with Gasteiger partial charge >= 0.3 is 6.03 Å². The Kier molecular flexibility index (Phi) is 5.55. The number of halogens is 1. The predicted octanol–water partition coefficient (Wildman–Crippen LogP) is 2.65. The third kappa shape index (κ3) is 4.22. The number of piperazine rings is 1. The third-order valence-electron chi connectivity index (χ3n) is 4.53. The molecule has 26 heavy (non-hydrogen) atoms. The minimum absolute atomic E-state index is 0.0909. The maximum Gasteiger partial charge on any atom is 0.317 e. The number of aromatic nitrogens is 1. The molecule has 0 spiro atoms. The normalized spacial score (nSPS) is 17.1. The lowest BCUT2D eigenvalue weighted by Gasteiger charge is -2.41. The van der Waals surface area contributed by atoms with Crippen LogP contribution < -0.4 is 15.0 Å². The number of nitrogens with one attached hydrogen (secondary N) is 1. The molecule has 0 bridgehead atoms. The number of methoxy groups -OCH3 is 1. The number of pyridine rings is 1. The van der Waals surface area contributed by atoms with E-state index in [9.17, 15) is 9.18 Å². The second-order valence-corrected chi connectivity index (χ2v) is 6.34. The van der Waals surface area contributed by atoms with Gasteiger partial charge in [0.2, 0.25) is 5.95 Å². The zero-order chi connectivity index (χ0) is 18.5. The van der Waals surface area contributed by atoms with Crippen LogP contribution in [0.3, 0.4) is 0 Å². The summed E-state index contributed by atoms with van der Waals surface area (Å²) in [6.07, 6.45) is 1.46. The molecule has 2 heterocycles. The van der Waals surface area contributed by atoms with E-state index in [1.54, 1.807) is 18.1 Å². The maximum absolute atomic E-state index is 13.3. The molecule has 1 N–H and O–H groups in total. The summed E-state index contributed by atoms with van der Waals surface area (Å²) in [5, 5.41) is 2.95. The Hall–Kier alpha value is -2.83. The van der Waals surface area contributed by atoms with Crippen molar-refractivity contribution in [2.45, 2.75) is 19.5 Å². The van der Waals surface area contributed by atoms with Gasteiger partial charge in [-0.2, -0.15) is 4.39 Å². The van der Waals surface area contributed by atoms with Crippen molar-refractivity contribution in [1.29, 1.82) is 0 Å². The van der Waals surface area contributed by atoms with E-state index in [-0.39, 0.29) is 12.1 Å². The Morgan fingerprint density at radius 1 is 1.35 bits per heavy atom. The summed E-state index contributed by atoms with van der Waals surface area (Å²) in [6, 6.07) is 10.8. The number of benzene rings is 1. The lowest BCUT2D eigenvalue weighted by Crippen LogP contribution is -2.55. The molecular formula is C19H23FN4O2. The molecule has 1 atom stereocenters. The van der Waals surface area contributed by atoms with E-state index in [0.717, 1.165) is 17.0 Å². The predicted molar refractivity (Wildman–Crippen MR) is 97.8 cm³/mol. The van der Waals surface area contributed by atoms with Crippen LogP contribution in [0.4, 0.5) is 14.9 Å². The summed E-state index contributed by atoms with van der Waals surface area (Å²) in [5.74, 6) is 0.275. The Balaban J connectivity index is 1.55. The van der Waals surface area contributed by atoms with E-state index in [4.69, 9.17) is 4.74 Å². The topological polar surface area (TPSA) is 57.7 Å². The highest BCUT2D eigenvalue weighted by Crippen LogP contribution is 2.20. The minimum atomic E-state index is -0.492. The summed E-state index contributed by atoms with van der Waals surface area (Å²) in [7, 11) is 1.62. The number of nitrogens with zero attached hydrogens (tertiary/aromatic N) is 3. The van der Waals surface area contributed by atoms with Crippen LogP contribution in [-0.2, 0) is 6.54 Å². The van der Waals surface area contributed by atoms with Crippen LogP contribution in [0.5, 0.6) is 5.75 Å². The molecule has 1 saturated heterocycles. The largest absolute Gasteiger partial charge is 0.497 e. The molecule has 3 rings (SSSR count). The van der Waals surface area contributed by atoms with Gasteiger partial charge in [0.1, 0.15) is 5.75 Å². The van der Waals surface area contributed by atoms with Gasteiger partial charge in [0, 0.05) is 50.2 Å². The first kappa shape index (κ1) is 18.0. The lowest BCUT2D eigenvalue weighted by molar-refractivity contribution is 0.186. The number of rotatable bonds is 4. The summed E-state index contributed by atoms with van der Waals surface area (Å²) < 4.78 is 18.5. The summed E-state index contributed by atoms with van der Waals surface area (Å²) in [6.45, 7) is 4.28. The molecule has 0 saturated carbocycles. The quantitative estimate of drug-likeness (QED) is 0.854. The maximum atomic E-state index is 13.3. The van der Waals surface area contributed by atoms with Crippen LogP contribution in [0, 0.1) is 5.95 Å². The molecule has 2 aromatic rings. The van der Waals surface area contributed by atoms with Crippen LogP contribution in [0.1, 0.15) is 12.5 Å². The summed E-state index contributed by atoms with van der Waals surface area (Å²) in [4.78, 5) is 19.9. The number of carbonyl (C=O) groups excluding carboxylic acids is 1.